The monoisotopic (exact) mass is 407 g/mol. The minimum atomic E-state index is -0.210. The van der Waals surface area contributed by atoms with Crippen LogP contribution in [0.1, 0.15) is 23.2 Å². The molecule has 0 aliphatic carbocycles. The standard InChI is InChI=1S/C22H25N5O3/c1-26(2)22(29)25-15-6-7-20(24-14-15)30-16-9-12-27(13-10-16)21(28)18-4-3-5-19-17(18)8-11-23-19/h3-8,11,14,16,23H,9-10,12-13H2,1-2H3,(H,25,29). The molecule has 0 radical (unpaired) electrons. The van der Waals surface area contributed by atoms with E-state index in [0.717, 1.165) is 29.3 Å². The number of likely N-dealkylation sites (tertiary alicyclic amines) is 1. The molecule has 1 aliphatic rings. The second kappa shape index (κ2) is 8.44. The maximum absolute atomic E-state index is 13.0. The zero-order valence-electron chi connectivity index (χ0n) is 17.1. The van der Waals surface area contributed by atoms with E-state index in [2.05, 4.69) is 15.3 Å². The van der Waals surface area contributed by atoms with Gasteiger partial charge in [0.1, 0.15) is 6.10 Å². The maximum Gasteiger partial charge on any atom is 0.321 e. The fourth-order valence-electron chi connectivity index (χ4n) is 3.55. The Morgan fingerprint density at radius 1 is 1.17 bits per heavy atom. The van der Waals surface area contributed by atoms with E-state index >= 15 is 0 Å². The average Bonchev–Trinajstić information content (AvgIpc) is 3.24. The molecule has 8 nitrogen and oxygen atoms in total. The van der Waals surface area contributed by atoms with Gasteiger partial charge < -0.3 is 24.8 Å². The van der Waals surface area contributed by atoms with Gasteiger partial charge in [-0.05, 0) is 24.3 Å². The van der Waals surface area contributed by atoms with Crippen molar-refractivity contribution < 1.29 is 14.3 Å². The third kappa shape index (κ3) is 4.22. The first-order chi connectivity index (χ1) is 14.5. The number of hydrogen-bond donors (Lipinski definition) is 2. The Hall–Kier alpha value is -3.55. The zero-order valence-corrected chi connectivity index (χ0v) is 17.1. The summed E-state index contributed by atoms with van der Waals surface area (Å²) in [6.45, 7) is 1.28. The van der Waals surface area contributed by atoms with E-state index in [1.807, 2.05) is 35.4 Å². The number of urea groups is 1. The molecule has 3 heterocycles. The number of ether oxygens (including phenoxy) is 1. The Bertz CT molecular complexity index is 1040. The molecule has 1 fully saturated rings. The van der Waals surface area contributed by atoms with E-state index < -0.39 is 0 Å². The molecule has 2 aromatic heterocycles. The normalized spacial score (nSPS) is 14.5. The highest BCUT2D eigenvalue weighted by Gasteiger charge is 2.26. The number of carbonyl (C=O) groups is 2. The number of aromatic amines is 1. The van der Waals surface area contributed by atoms with Gasteiger partial charge in [0.15, 0.2) is 0 Å². The topological polar surface area (TPSA) is 90.6 Å². The van der Waals surface area contributed by atoms with Crippen LogP contribution >= 0.6 is 0 Å². The van der Waals surface area contributed by atoms with Crippen LogP contribution in [0.4, 0.5) is 10.5 Å². The number of benzene rings is 1. The molecule has 30 heavy (non-hydrogen) atoms. The van der Waals surface area contributed by atoms with E-state index in [-0.39, 0.29) is 18.0 Å². The minimum Gasteiger partial charge on any atom is -0.474 e. The number of carbonyl (C=O) groups excluding carboxylic acids is 2. The van der Waals surface area contributed by atoms with Crippen LogP contribution in [0, 0.1) is 0 Å². The number of aromatic nitrogens is 2. The molecule has 156 valence electrons. The maximum atomic E-state index is 13.0. The number of piperidine rings is 1. The van der Waals surface area contributed by atoms with E-state index in [9.17, 15) is 9.59 Å². The molecule has 0 saturated carbocycles. The van der Waals surface area contributed by atoms with Crippen molar-refractivity contribution >= 4 is 28.5 Å². The summed E-state index contributed by atoms with van der Waals surface area (Å²) in [4.78, 5) is 35.4. The molecular formula is C22H25N5O3. The number of pyridine rings is 1. The largest absolute Gasteiger partial charge is 0.474 e. The number of H-pyrrole nitrogens is 1. The highest BCUT2D eigenvalue weighted by molar-refractivity contribution is 6.06. The van der Waals surface area contributed by atoms with Crippen molar-refractivity contribution in [3.63, 3.8) is 0 Å². The van der Waals surface area contributed by atoms with Crippen LogP contribution in [-0.2, 0) is 0 Å². The predicted molar refractivity (Wildman–Crippen MR) is 115 cm³/mol. The Balaban J connectivity index is 1.32. The number of anilines is 1. The third-order valence-electron chi connectivity index (χ3n) is 5.24. The molecular weight excluding hydrogens is 382 g/mol. The molecule has 1 aliphatic heterocycles. The molecule has 0 unspecified atom stereocenters. The van der Waals surface area contributed by atoms with Crippen molar-refractivity contribution in [1.82, 2.24) is 19.8 Å². The van der Waals surface area contributed by atoms with Gasteiger partial charge in [-0.3, -0.25) is 4.79 Å². The van der Waals surface area contributed by atoms with Gasteiger partial charge in [-0.25, -0.2) is 9.78 Å². The van der Waals surface area contributed by atoms with Crippen LogP contribution in [0.5, 0.6) is 5.88 Å². The third-order valence-corrected chi connectivity index (χ3v) is 5.24. The number of nitrogens with one attached hydrogen (secondary N) is 2. The predicted octanol–water partition coefficient (Wildman–Crippen LogP) is 3.34. The van der Waals surface area contributed by atoms with Crippen LogP contribution < -0.4 is 10.1 Å². The van der Waals surface area contributed by atoms with Crippen LogP contribution in [0.25, 0.3) is 10.9 Å². The number of amides is 3. The van der Waals surface area contributed by atoms with E-state index in [0.29, 0.717) is 24.7 Å². The molecule has 0 atom stereocenters. The minimum absolute atomic E-state index is 0.00631. The van der Waals surface area contributed by atoms with Gasteiger partial charge in [-0.15, -0.1) is 0 Å². The Kier molecular flexibility index (Phi) is 5.56. The highest BCUT2D eigenvalue weighted by atomic mass is 16.5. The van der Waals surface area contributed by atoms with Crippen molar-refractivity contribution in [1.29, 1.82) is 0 Å². The summed E-state index contributed by atoms with van der Waals surface area (Å²) in [5.41, 5.74) is 2.31. The number of fused-ring (bicyclic) bond motifs is 1. The van der Waals surface area contributed by atoms with Crippen molar-refractivity contribution in [2.45, 2.75) is 18.9 Å². The van der Waals surface area contributed by atoms with E-state index in [1.54, 1.807) is 32.4 Å². The number of nitrogens with zero attached hydrogens (tertiary/aromatic N) is 3. The smallest absolute Gasteiger partial charge is 0.321 e. The fraction of sp³-hybridized carbons (Fsp3) is 0.318. The summed E-state index contributed by atoms with van der Waals surface area (Å²) < 4.78 is 5.98. The van der Waals surface area contributed by atoms with Crippen molar-refractivity contribution in [2.75, 3.05) is 32.5 Å². The Morgan fingerprint density at radius 3 is 2.67 bits per heavy atom. The Morgan fingerprint density at radius 2 is 1.97 bits per heavy atom. The molecule has 1 aromatic carbocycles. The molecule has 0 spiro atoms. The summed E-state index contributed by atoms with van der Waals surface area (Å²) >= 11 is 0. The summed E-state index contributed by atoms with van der Waals surface area (Å²) in [5.74, 6) is 0.567. The van der Waals surface area contributed by atoms with Crippen molar-refractivity contribution in [2.24, 2.45) is 0 Å². The first kappa shape index (κ1) is 19.8. The van der Waals surface area contributed by atoms with Crippen LogP contribution in [-0.4, -0.2) is 65.0 Å². The second-order valence-corrected chi connectivity index (χ2v) is 7.56. The van der Waals surface area contributed by atoms with Crippen LogP contribution in [0.3, 0.4) is 0 Å². The van der Waals surface area contributed by atoms with Gasteiger partial charge in [-0.2, -0.15) is 0 Å². The Labute approximate surface area is 174 Å². The summed E-state index contributed by atoms with van der Waals surface area (Å²) in [6.07, 6.45) is 4.93. The highest BCUT2D eigenvalue weighted by Crippen LogP contribution is 2.23. The van der Waals surface area contributed by atoms with Gasteiger partial charge in [0, 0.05) is 68.8 Å². The molecule has 1 saturated heterocycles. The lowest BCUT2D eigenvalue weighted by molar-refractivity contribution is 0.0589. The van der Waals surface area contributed by atoms with Crippen molar-refractivity contribution in [3.05, 3.63) is 54.4 Å². The molecule has 3 aromatic rings. The zero-order chi connectivity index (χ0) is 21.1. The molecule has 8 heteroatoms. The first-order valence-corrected chi connectivity index (χ1v) is 9.97. The molecule has 2 N–H and O–H groups in total. The van der Waals surface area contributed by atoms with Gasteiger partial charge in [0.2, 0.25) is 5.88 Å². The lowest BCUT2D eigenvalue weighted by atomic mass is 10.0. The summed E-state index contributed by atoms with van der Waals surface area (Å²) in [6, 6.07) is 11.0. The van der Waals surface area contributed by atoms with Crippen LogP contribution in [0.2, 0.25) is 0 Å². The molecule has 0 bridgehead atoms. The molecule has 3 amide bonds. The quantitative estimate of drug-likeness (QED) is 0.694. The van der Waals surface area contributed by atoms with Crippen molar-refractivity contribution in [3.8, 4) is 5.88 Å². The number of hydrogen-bond acceptors (Lipinski definition) is 4. The van der Waals surface area contributed by atoms with E-state index in [4.69, 9.17) is 4.74 Å². The second-order valence-electron chi connectivity index (χ2n) is 7.56. The lowest BCUT2D eigenvalue weighted by Crippen LogP contribution is -2.41. The average molecular weight is 407 g/mol. The van der Waals surface area contributed by atoms with Gasteiger partial charge in [-0.1, -0.05) is 6.07 Å². The summed E-state index contributed by atoms with van der Waals surface area (Å²) in [7, 11) is 3.35. The van der Waals surface area contributed by atoms with Crippen LogP contribution in [0.15, 0.2) is 48.8 Å². The van der Waals surface area contributed by atoms with Gasteiger partial charge in [0.05, 0.1) is 11.9 Å². The number of rotatable bonds is 4. The molecule has 4 rings (SSSR count). The fourth-order valence-corrected chi connectivity index (χ4v) is 3.55. The SMILES string of the molecule is CN(C)C(=O)Nc1ccc(OC2CCN(C(=O)c3cccc4[nH]ccc34)CC2)nc1. The van der Waals surface area contributed by atoms with Gasteiger partial charge in [0.25, 0.3) is 5.91 Å². The first-order valence-electron chi connectivity index (χ1n) is 9.97. The van der Waals surface area contributed by atoms with E-state index in [1.165, 1.54) is 4.90 Å². The summed E-state index contributed by atoms with van der Waals surface area (Å²) in [5, 5.41) is 3.69. The lowest BCUT2D eigenvalue weighted by Gasteiger charge is -2.32. The van der Waals surface area contributed by atoms with Gasteiger partial charge >= 0.3 is 6.03 Å².